The maximum atomic E-state index is 3.55. The summed E-state index contributed by atoms with van der Waals surface area (Å²) in [4.78, 5) is 1.37. The van der Waals surface area contributed by atoms with E-state index in [0.29, 0.717) is 0 Å². The highest BCUT2D eigenvalue weighted by Gasteiger charge is 2.00. The van der Waals surface area contributed by atoms with Crippen molar-refractivity contribution in [3.8, 4) is 0 Å². The number of hydrogen-bond donors (Lipinski definition) is 1. The second-order valence-electron chi connectivity index (χ2n) is 3.42. The highest BCUT2D eigenvalue weighted by molar-refractivity contribution is 9.11. The van der Waals surface area contributed by atoms with Crippen LogP contribution in [-0.4, -0.2) is 0 Å². The van der Waals surface area contributed by atoms with Gasteiger partial charge in [-0.1, -0.05) is 37.9 Å². The van der Waals surface area contributed by atoms with E-state index in [2.05, 4.69) is 66.8 Å². The SMILES string of the molecule is Brc1ccc(Br)c(CNCc2cccs2)c1. The fourth-order valence-corrected chi connectivity index (χ4v) is 2.88. The molecule has 0 bridgehead atoms. The number of rotatable bonds is 4. The van der Waals surface area contributed by atoms with Crippen LogP contribution >= 0.6 is 43.2 Å². The zero-order valence-electron chi connectivity index (χ0n) is 8.54. The Morgan fingerprint density at radius 1 is 1.12 bits per heavy atom. The van der Waals surface area contributed by atoms with Crippen LogP contribution < -0.4 is 5.32 Å². The lowest BCUT2D eigenvalue weighted by molar-refractivity contribution is 0.699. The molecule has 1 nitrogen and oxygen atoms in total. The van der Waals surface area contributed by atoms with Crippen molar-refractivity contribution in [2.24, 2.45) is 0 Å². The Bertz CT molecular complexity index is 454. The smallest absolute Gasteiger partial charge is 0.0302 e. The predicted octanol–water partition coefficient (Wildman–Crippen LogP) is 4.56. The summed E-state index contributed by atoms with van der Waals surface area (Å²) >= 11 is 8.81. The summed E-state index contributed by atoms with van der Waals surface area (Å²) < 4.78 is 2.26. The number of benzene rings is 1. The van der Waals surface area contributed by atoms with Crippen LogP contribution in [0.25, 0.3) is 0 Å². The predicted molar refractivity (Wildman–Crippen MR) is 76.7 cm³/mol. The van der Waals surface area contributed by atoms with Crippen LogP contribution in [0.2, 0.25) is 0 Å². The molecule has 0 aliphatic heterocycles. The maximum Gasteiger partial charge on any atom is 0.0302 e. The third kappa shape index (κ3) is 3.42. The van der Waals surface area contributed by atoms with Crippen molar-refractivity contribution in [1.82, 2.24) is 5.32 Å². The van der Waals surface area contributed by atoms with Gasteiger partial charge in [0.05, 0.1) is 0 Å². The van der Waals surface area contributed by atoms with Crippen molar-refractivity contribution >= 4 is 43.2 Å². The van der Waals surface area contributed by atoms with Gasteiger partial charge >= 0.3 is 0 Å². The molecule has 0 spiro atoms. The first-order valence-electron chi connectivity index (χ1n) is 4.93. The molecule has 1 N–H and O–H groups in total. The average molecular weight is 361 g/mol. The third-order valence-electron chi connectivity index (χ3n) is 2.20. The van der Waals surface area contributed by atoms with Crippen LogP contribution in [0.5, 0.6) is 0 Å². The van der Waals surface area contributed by atoms with Crippen molar-refractivity contribution in [2.75, 3.05) is 0 Å². The van der Waals surface area contributed by atoms with E-state index in [1.165, 1.54) is 10.4 Å². The molecule has 84 valence electrons. The lowest BCUT2D eigenvalue weighted by Gasteiger charge is -2.06. The van der Waals surface area contributed by atoms with Crippen molar-refractivity contribution in [3.63, 3.8) is 0 Å². The summed E-state index contributed by atoms with van der Waals surface area (Å²) in [5.41, 5.74) is 1.27. The molecule has 0 fully saturated rings. The Labute approximate surface area is 116 Å². The average Bonchev–Trinajstić information content (AvgIpc) is 2.76. The van der Waals surface area contributed by atoms with Gasteiger partial charge in [0.15, 0.2) is 0 Å². The zero-order valence-corrected chi connectivity index (χ0v) is 12.5. The van der Waals surface area contributed by atoms with E-state index in [9.17, 15) is 0 Å². The largest absolute Gasteiger partial charge is 0.308 e. The van der Waals surface area contributed by atoms with Crippen LogP contribution in [-0.2, 0) is 13.1 Å². The first kappa shape index (κ1) is 12.3. The number of halogens is 2. The fourth-order valence-electron chi connectivity index (χ4n) is 1.41. The van der Waals surface area contributed by atoms with Crippen molar-refractivity contribution in [3.05, 3.63) is 55.1 Å². The van der Waals surface area contributed by atoms with Gasteiger partial charge in [-0.3, -0.25) is 0 Å². The minimum Gasteiger partial charge on any atom is -0.308 e. The highest BCUT2D eigenvalue weighted by atomic mass is 79.9. The molecule has 0 amide bonds. The van der Waals surface area contributed by atoms with Crippen LogP contribution in [0.4, 0.5) is 0 Å². The molecule has 0 radical (unpaired) electrons. The van der Waals surface area contributed by atoms with Gasteiger partial charge in [0.1, 0.15) is 0 Å². The van der Waals surface area contributed by atoms with Crippen molar-refractivity contribution < 1.29 is 0 Å². The van der Waals surface area contributed by atoms with Crippen LogP contribution in [0.1, 0.15) is 10.4 Å². The molecule has 1 heterocycles. The first-order chi connectivity index (χ1) is 7.75. The minimum atomic E-state index is 0.873. The van der Waals surface area contributed by atoms with Crippen molar-refractivity contribution in [2.45, 2.75) is 13.1 Å². The number of hydrogen-bond acceptors (Lipinski definition) is 2. The second-order valence-corrected chi connectivity index (χ2v) is 6.22. The first-order valence-corrected chi connectivity index (χ1v) is 7.39. The Morgan fingerprint density at radius 2 is 2.00 bits per heavy atom. The van der Waals surface area contributed by atoms with Crippen LogP contribution in [0.15, 0.2) is 44.7 Å². The van der Waals surface area contributed by atoms with Gasteiger partial charge in [-0.2, -0.15) is 0 Å². The van der Waals surface area contributed by atoms with Gasteiger partial charge in [-0.05, 0) is 35.2 Å². The maximum absolute atomic E-state index is 3.55. The molecule has 0 unspecified atom stereocenters. The normalized spacial score (nSPS) is 10.6. The number of thiophene rings is 1. The molecule has 0 aliphatic rings. The second kappa shape index (κ2) is 5.96. The van der Waals surface area contributed by atoms with Crippen LogP contribution in [0, 0.1) is 0 Å². The molecular weight excluding hydrogens is 350 g/mol. The van der Waals surface area contributed by atoms with Gasteiger partial charge in [0.2, 0.25) is 0 Å². The molecule has 0 saturated heterocycles. The summed E-state index contributed by atoms with van der Waals surface area (Å²) in [6, 6.07) is 10.5. The van der Waals surface area contributed by atoms with Gasteiger partial charge in [-0.25, -0.2) is 0 Å². The van der Waals surface area contributed by atoms with Crippen LogP contribution in [0.3, 0.4) is 0 Å². The molecule has 0 saturated carbocycles. The fraction of sp³-hybridized carbons (Fsp3) is 0.167. The van der Waals surface area contributed by atoms with E-state index in [-0.39, 0.29) is 0 Å². The lowest BCUT2D eigenvalue weighted by Crippen LogP contribution is -2.12. The quantitative estimate of drug-likeness (QED) is 0.842. The number of nitrogens with one attached hydrogen (secondary N) is 1. The van der Waals surface area contributed by atoms with E-state index in [4.69, 9.17) is 0 Å². The minimum absolute atomic E-state index is 0.873. The van der Waals surface area contributed by atoms with E-state index in [1.54, 1.807) is 11.3 Å². The Balaban J connectivity index is 1.92. The summed E-state index contributed by atoms with van der Waals surface area (Å²) in [5.74, 6) is 0. The molecule has 1 aromatic carbocycles. The molecule has 4 heteroatoms. The van der Waals surface area contributed by atoms with Gasteiger partial charge in [0.25, 0.3) is 0 Å². The summed E-state index contributed by atoms with van der Waals surface area (Å²) in [6.07, 6.45) is 0. The van der Waals surface area contributed by atoms with Crippen molar-refractivity contribution in [1.29, 1.82) is 0 Å². The molecule has 2 rings (SSSR count). The summed E-state index contributed by atoms with van der Waals surface area (Å²) in [7, 11) is 0. The molecule has 16 heavy (non-hydrogen) atoms. The van der Waals surface area contributed by atoms with E-state index in [0.717, 1.165) is 22.0 Å². The molecule has 0 atom stereocenters. The summed E-state index contributed by atoms with van der Waals surface area (Å²) in [6.45, 7) is 1.80. The van der Waals surface area contributed by atoms with E-state index in [1.807, 2.05) is 6.07 Å². The highest BCUT2D eigenvalue weighted by Crippen LogP contribution is 2.21. The Kier molecular flexibility index (Phi) is 4.58. The zero-order chi connectivity index (χ0) is 11.4. The van der Waals surface area contributed by atoms with E-state index >= 15 is 0 Å². The van der Waals surface area contributed by atoms with E-state index < -0.39 is 0 Å². The standard InChI is InChI=1S/C12H11Br2NS/c13-10-3-4-12(14)9(6-10)7-15-8-11-2-1-5-16-11/h1-6,15H,7-8H2. The third-order valence-corrected chi connectivity index (χ3v) is 4.35. The monoisotopic (exact) mass is 359 g/mol. The molecule has 2 aromatic rings. The van der Waals surface area contributed by atoms with Gasteiger partial charge < -0.3 is 5.32 Å². The Hall–Kier alpha value is -0.160. The molecule has 0 aliphatic carbocycles. The lowest BCUT2D eigenvalue weighted by atomic mass is 10.2. The summed E-state index contributed by atoms with van der Waals surface area (Å²) in [5, 5.41) is 5.53. The Morgan fingerprint density at radius 3 is 2.75 bits per heavy atom. The topological polar surface area (TPSA) is 12.0 Å². The van der Waals surface area contributed by atoms with Gasteiger partial charge in [0, 0.05) is 26.9 Å². The molecular formula is C12H11Br2NS. The molecule has 1 aromatic heterocycles. The van der Waals surface area contributed by atoms with Gasteiger partial charge in [-0.15, -0.1) is 11.3 Å².